The van der Waals surface area contributed by atoms with E-state index in [1.165, 1.54) is 0 Å². The summed E-state index contributed by atoms with van der Waals surface area (Å²) < 4.78 is 0. The van der Waals surface area contributed by atoms with Gasteiger partial charge in [0.25, 0.3) is 0 Å². The number of rotatable bonds is 0. The van der Waals surface area contributed by atoms with Crippen molar-refractivity contribution in [1.29, 1.82) is 0 Å². The topological polar surface area (TPSA) is 642 Å². The van der Waals surface area contributed by atoms with Crippen molar-refractivity contribution in [2.24, 2.45) is 0 Å². The monoisotopic (exact) mass is 637 g/mol. The van der Waals surface area contributed by atoms with E-state index in [2.05, 4.69) is 0 Å². The lowest BCUT2D eigenvalue weighted by molar-refractivity contribution is 0.276. The summed E-state index contributed by atoms with van der Waals surface area (Å²) >= 11 is 0. The van der Waals surface area contributed by atoms with E-state index in [0.29, 0.717) is 0 Å². The van der Waals surface area contributed by atoms with Crippen LogP contribution in [0.15, 0.2) is 0 Å². The van der Waals surface area contributed by atoms with E-state index in [1.54, 1.807) is 0 Å². The van der Waals surface area contributed by atoms with Gasteiger partial charge in [-0.05, 0) is 0 Å². The summed E-state index contributed by atoms with van der Waals surface area (Å²) in [5.74, 6) is 0. The predicted octanol–water partition coefficient (Wildman–Crippen LogP) is -20.4. The lowest BCUT2D eigenvalue weighted by atomic mass is 10.3. The summed E-state index contributed by atoms with van der Waals surface area (Å²) in [6.45, 7) is 0. The van der Waals surface area contributed by atoms with Gasteiger partial charge in [0, 0.05) is 0 Å². The normalized spacial score (nSPS) is 6.59. The highest BCUT2D eigenvalue weighted by Gasteiger charge is 1.95. The molecular weight excluding hydrogens is 602 g/mol. The molecule has 0 aromatic heterocycles. The standard InChI is InChI=1S/10BH3O3.H3N/c10*2-1(3)4;/h10*2-4H;1H3. The molecule has 41 heteroatoms. The lowest BCUT2D eigenvalue weighted by Crippen LogP contribution is -2.07. The summed E-state index contributed by atoms with van der Waals surface area (Å²) in [6.07, 6.45) is 0. The van der Waals surface area contributed by atoms with Crippen LogP contribution in [0.4, 0.5) is 0 Å². The molecule has 31 nitrogen and oxygen atoms in total. The third kappa shape index (κ3) is 158000. The zero-order chi connectivity index (χ0) is 35.8. The van der Waals surface area contributed by atoms with Crippen LogP contribution in [-0.4, -0.2) is 224 Å². The predicted molar refractivity (Wildman–Crippen MR) is 129 cm³/mol. The van der Waals surface area contributed by atoms with E-state index in [9.17, 15) is 0 Å². The molecule has 33 N–H and O–H groups in total. The Morgan fingerprint density at radius 2 is 0.122 bits per heavy atom. The van der Waals surface area contributed by atoms with E-state index in [1.807, 2.05) is 0 Å². The van der Waals surface area contributed by atoms with Crippen LogP contribution < -0.4 is 6.15 Å². The van der Waals surface area contributed by atoms with Gasteiger partial charge in [-0.25, -0.2) is 0 Å². The van der Waals surface area contributed by atoms with Gasteiger partial charge in [0.1, 0.15) is 0 Å². The van der Waals surface area contributed by atoms with Crippen LogP contribution in [0.2, 0.25) is 0 Å². The third-order valence-electron chi connectivity index (χ3n) is 0. The second kappa shape index (κ2) is 67.2. The van der Waals surface area contributed by atoms with Gasteiger partial charge in [-0.15, -0.1) is 0 Å². The summed E-state index contributed by atoms with van der Waals surface area (Å²) in [5, 5.41) is 215. The highest BCUT2D eigenvalue weighted by molar-refractivity contribution is 6.32. The first kappa shape index (κ1) is 72.6. The highest BCUT2D eigenvalue weighted by Crippen LogP contribution is 1.43. The quantitative estimate of drug-likeness (QED) is 0.110. The summed E-state index contributed by atoms with van der Waals surface area (Å²) in [6, 6.07) is 0. The van der Waals surface area contributed by atoms with Gasteiger partial charge >= 0.3 is 73.2 Å². The fourth-order valence-corrected chi connectivity index (χ4v) is 0. The summed E-state index contributed by atoms with van der Waals surface area (Å²) in [5.41, 5.74) is 0. The van der Waals surface area contributed by atoms with Gasteiger partial charge in [-0.1, -0.05) is 0 Å². The minimum Gasteiger partial charge on any atom is -0.402 e. The molecule has 0 spiro atoms. The Morgan fingerprint density at radius 3 is 0.122 bits per heavy atom. The van der Waals surface area contributed by atoms with Gasteiger partial charge in [-0.3, -0.25) is 0 Å². The smallest absolute Gasteiger partial charge is 0.402 e. The zero-order valence-electron chi connectivity index (χ0n) is 19.9. The minimum absolute atomic E-state index is 0. The van der Waals surface area contributed by atoms with Crippen molar-refractivity contribution in [2.75, 3.05) is 0 Å². The highest BCUT2D eigenvalue weighted by atomic mass is 16.6. The molecule has 0 aromatic rings. The molecule has 0 atom stereocenters. The maximum Gasteiger partial charge on any atom is 0.631 e. The van der Waals surface area contributed by atoms with E-state index in [-0.39, 0.29) is 6.15 Å². The molecule has 0 aliphatic carbocycles. The van der Waals surface area contributed by atoms with Crippen LogP contribution in [0, 0.1) is 0 Å². The van der Waals surface area contributed by atoms with E-state index in [0.717, 1.165) is 0 Å². The second-order valence-electron chi connectivity index (χ2n) is 3.46. The second-order valence-corrected chi connectivity index (χ2v) is 3.46. The number of hydrogen-bond donors (Lipinski definition) is 31. The van der Waals surface area contributed by atoms with Crippen LogP contribution >= 0.6 is 0 Å². The molecule has 0 rings (SSSR count). The molecule has 0 saturated heterocycles. The van der Waals surface area contributed by atoms with Crippen molar-refractivity contribution in [3.8, 4) is 0 Å². The largest absolute Gasteiger partial charge is 0.631 e. The van der Waals surface area contributed by atoms with Gasteiger partial charge in [0.2, 0.25) is 0 Å². The Kier molecular flexibility index (Phi) is 119. The van der Waals surface area contributed by atoms with Crippen molar-refractivity contribution in [1.82, 2.24) is 6.15 Å². The molecule has 0 aromatic carbocycles. The SMILES string of the molecule is N.OB(O)O.OB(O)O.OB(O)O.OB(O)O.OB(O)O.OB(O)O.OB(O)O.OB(O)O.OB(O)O.OB(O)O. The molecule has 0 aliphatic heterocycles. The van der Waals surface area contributed by atoms with Gasteiger partial charge < -0.3 is 157 Å². The molecule has 0 saturated carbocycles. The first-order valence-electron chi connectivity index (χ1n) is 7.75. The minimum atomic E-state index is -2.17. The van der Waals surface area contributed by atoms with Crippen LogP contribution in [0.1, 0.15) is 0 Å². The molecule has 0 radical (unpaired) electrons. The van der Waals surface area contributed by atoms with Crippen LogP contribution in [0.5, 0.6) is 0 Å². The molecular formula is H33B10NO30. The molecule has 41 heavy (non-hydrogen) atoms. The van der Waals surface area contributed by atoms with Crippen LogP contribution in [0.25, 0.3) is 0 Å². The van der Waals surface area contributed by atoms with Crippen LogP contribution in [0.3, 0.4) is 0 Å². The maximum atomic E-state index is 7.17. The van der Waals surface area contributed by atoms with Crippen molar-refractivity contribution in [2.45, 2.75) is 0 Å². The number of hydrogen-bond acceptors (Lipinski definition) is 31. The molecule has 0 heterocycles. The molecule has 0 aliphatic rings. The fraction of sp³-hybridized carbons (Fsp3) is 0. The Balaban J connectivity index is -0.0000000270. The maximum absolute atomic E-state index is 7.17. The first-order valence-corrected chi connectivity index (χ1v) is 7.75. The summed E-state index contributed by atoms with van der Waals surface area (Å²) in [7, 11) is -21.7. The zero-order valence-corrected chi connectivity index (χ0v) is 19.9. The Hall–Kier alpha value is -0.591. The van der Waals surface area contributed by atoms with Crippen LogP contribution in [-0.2, 0) is 0 Å². The molecule has 0 bridgehead atoms. The van der Waals surface area contributed by atoms with E-state index >= 15 is 0 Å². The third-order valence-corrected chi connectivity index (χ3v) is 0. The Bertz CT molecular complexity index is 186. The Morgan fingerprint density at radius 1 is 0.122 bits per heavy atom. The van der Waals surface area contributed by atoms with Gasteiger partial charge in [0.15, 0.2) is 0 Å². The van der Waals surface area contributed by atoms with E-state index in [4.69, 9.17) is 151 Å². The van der Waals surface area contributed by atoms with Gasteiger partial charge in [-0.2, -0.15) is 0 Å². The van der Waals surface area contributed by atoms with Crippen molar-refractivity contribution >= 4 is 73.2 Å². The molecule has 0 amide bonds. The molecule has 248 valence electrons. The Labute approximate surface area is 231 Å². The van der Waals surface area contributed by atoms with Crippen molar-refractivity contribution in [3.05, 3.63) is 0 Å². The van der Waals surface area contributed by atoms with E-state index < -0.39 is 73.2 Å². The van der Waals surface area contributed by atoms with Crippen molar-refractivity contribution < 1.29 is 151 Å². The summed E-state index contributed by atoms with van der Waals surface area (Å²) in [4.78, 5) is 0. The molecule has 0 unspecified atom stereocenters. The first-order chi connectivity index (χ1) is 17.3. The van der Waals surface area contributed by atoms with Gasteiger partial charge in [0.05, 0.1) is 0 Å². The molecule has 0 fully saturated rings. The van der Waals surface area contributed by atoms with Crippen molar-refractivity contribution in [3.63, 3.8) is 0 Å². The average molecular weight is 635 g/mol. The average Bonchev–Trinajstić information content (AvgIpc) is 2.47. The fourth-order valence-electron chi connectivity index (χ4n) is 0. The lowest BCUT2D eigenvalue weighted by Gasteiger charge is -1.69.